The highest BCUT2D eigenvalue weighted by atomic mass is 32.1. The quantitative estimate of drug-likeness (QED) is 0.374. The Balaban J connectivity index is 1.71. The molecule has 0 amide bonds. The number of aryl methyl sites for hydroxylation is 4. The van der Waals surface area contributed by atoms with Crippen LogP contribution >= 0.6 is 12.2 Å². The molecule has 5 rings (SSSR count). The lowest BCUT2D eigenvalue weighted by atomic mass is 9.96. The summed E-state index contributed by atoms with van der Waals surface area (Å²) in [6.07, 6.45) is 3.70. The molecule has 2 atom stereocenters. The normalized spacial score (nSPS) is 17.8. The Labute approximate surface area is 206 Å². The number of thiocarbonyl (C=S) groups is 1. The van der Waals surface area contributed by atoms with Crippen molar-refractivity contribution in [1.29, 1.82) is 0 Å². The summed E-state index contributed by atoms with van der Waals surface area (Å²) in [7, 11) is 0. The molecule has 34 heavy (non-hydrogen) atoms. The summed E-state index contributed by atoms with van der Waals surface area (Å²) in [5, 5.41) is 4.30. The monoisotopic (exact) mass is 467 g/mol. The number of nitrogens with one attached hydrogen (secondary N) is 1. The van der Waals surface area contributed by atoms with Crippen molar-refractivity contribution in [3.8, 4) is 5.82 Å². The van der Waals surface area contributed by atoms with E-state index in [0.717, 1.165) is 34.2 Å². The zero-order valence-electron chi connectivity index (χ0n) is 20.2. The van der Waals surface area contributed by atoms with Crippen LogP contribution in [0.1, 0.15) is 51.4 Å². The minimum atomic E-state index is -0.0757. The highest BCUT2D eigenvalue weighted by Gasteiger charge is 2.42. The Bertz CT molecular complexity index is 1350. The van der Waals surface area contributed by atoms with E-state index in [1.807, 2.05) is 30.6 Å². The third-order valence-electron chi connectivity index (χ3n) is 6.57. The molecule has 0 bridgehead atoms. The van der Waals surface area contributed by atoms with Crippen LogP contribution in [0.3, 0.4) is 0 Å². The molecule has 1 aliphatic heterocycles. The fraction of sp³-hybridized carbons (Fsp3) is 0.250. The van der Waals surface area contributed by atoms with E-state index in [2.05, 4.69) is 85.8 Å². The molecule has 4 heterocycles. The van der Waals surface area contributed by atoms with E-state index in [1.54, 1.807) is 0 Å². The molecule has 5 nitrogen and oxygen atoms in total. The van der Waals surface area contributed by atoms with E-state index in [4.69, 9.17) is 22.2 Å². The van der Waals surface area contributed by atoms with Crippen molar-refractivity contribution in [3.63, 3.8) is 0 Å². The Morgan fingerprint density at radius 2 is 1.59 bits per heavy atom. The number of aromatic nitrogens is 3. The van der Waals surface area contributed by atoms with Gasteiger partial charge in [0.2, 0.25) is 0 Å². The van der Waals surface area contributed by atoms with Crippen molar-refractivity contribution in [2.45, 2.75) is 46.7 Å². The maximum absolute atomic E-state index is 5.93. The molecule has 3 aromatic heterocycles. The predicted octanol–water partition coefficient (Wildman–Crippen LogP) is 5.99. The van der Waals surface area contributed by atoms with Gasteiger partial charge in [0, 0.05) is 29.5 Å². The second kappa shape index (κ2) is 8.69. The minimum Gasteiger partial charge on any atom is -0.351 e. The first kappa shape index (κ1) is 22.3. The second-order valence-electron chi connectivity index (χ2n) is 9.15. The van der Waals surface area contributed by atoms with Gasteiger partial charge in [0.25, 0.3) is 0 Å². The van der Waals surface area contributed by atoms with Crippen LogP contribution in [0.5, 0.6) is 0 Å². The molecule has 172 valence electrons. The van der Waals surface area contributed by atoms with Crippen LogP contribution in [0.2, 0.25) is 0 Å². The summed E-state index contributed by atoms with van der Waals surface area (Å²) in [6.45, 7) is 10.7. The van der Waals surface area contributed by atoms with E-state index in [-0.39, 0.29) is 12.1 Å². The van der Waals surface area contributed by atoms with E-state index in [1.165, 1.54) is 16.7 Å². The molecule has 6 heteroatoms. The van der Waals surface area contributed by atoms with Gasteiger partial charge in [-0.25, -0.2) is 4.98 Å². The molecule has 1 saturated heterocycles. The Hall–Kier alpha value is -3.51. The third kappa shape index (κ3) is 3.78. The minimum absolute atomic E-state index is 0.0485. The standard InChI is InChI=1S/C28H29N5S/c1-17-13-18(2)15-22(14-17)33-26(25(31-28(33)34)24-10-6-7-11-29-24)23-16-20(4)32(21(23)5)27-19(3)9-8-12-30-27/h6-16,25-26H,1-5H3,(H,31,34)/t25-,26+/m1/s1. The fourth-order valence-corrected chi connectivity index (χ4v) is 5.51. The molecule has 0 saturated carbocycles. The second-order valence-corrected chi connectivity index (χ2v) is 9.54. The molecular weight excluding hydrogens is 438 g/mol. The Morgan fingerprint density at radius 3 is 2.26 bits per heavy atom. The lowest BCUT2D eigenvalue weighted by Crippen LogP contribution is -2.29. The van der Waals surface area contributed by atoms with Gasteiger partial charge in [0.15, 0.2) is 5.11 Å². The van der Waals surface area contributed by atoms with Gasteiger partial charge in [0.1, 0.15) is 5.82 Å². The van der Waals surface area contributed by atoms with Crippen LogP contribution in [-0.4, -0.2) is 19.6 Å². The largest absolute Gasteiger partial charge is 0.351 e. The summed E-state index contributed by atoms with van der Waals surface area (Å²) in [5.41, 5.74) is 9.16. The number of nitrogens with zero attached hydrogens (tertiary/aromatic N) is 4. The number of benzene rings is 1. The van der Waals surface area contributed by atoms with Crippen molar-refractivity contribution in [2.24, 2.45) is 0 Å². The molecule has 0 aliphatic carbocycles. The number of pyridine rings is 2. The summed E-state index contributed by atoms with van der Waals surface area (Å²) in [4.78, 5) is 11.7. The molecule has 0 spiro atoms. The average molecular weight is 468 g/mol. The van der Waals surface area contributed by atoms with Crippen molar-refractivity contribution in [3.05, 3.63) is 106 Å². The highest BCUT2D eigenvalue weighted by Crippen LogP contribution is 2.44. The average Bonchev–Trinajstić information content (AvgIpc) is 3.29. The van der Waals surface area contributed by atoms with Gasteiger partial charge >= 0.3 is 0 Å². The number of anilines is 1. The van der Waals surface area contributed by atoms with Gasteiger partial charge in [-0.2, -0.15) is 0 Å². The summed E-state index contributed by atoms with van der Waals surface area (Å²) in [5.74, 6) is 0.963. The van der Waals surface area contributed by atoms with Crippen LogP contribution in [0.25, 0.3) is 5.82 Å². The van der Waals surface area contributed by atoms with Crippen LogP contribution in [0, 0.1) is 34.6 Å². The summed E-state index contributed by atoms with van der Waals surface area (Å²) in [6, 6.07) is 18.9. The smallest absolute Gasteiger partial charge is 0.174 e. The fourth-order valence-electron chi connectivity index (χ4n) is 5.16. The molecular formula is C28H29N5S. The maximum atomic E-state index is 5.93. The van der Waals surface area contributed by atoms with Gasteiger partial charge in [-0.3, -0.25) is 4.98 Å². The van der Waals surface area contributed by atoms with E-state index < -0.39 is 0 Å². The van der Waals surface area contributed by atoms with Crippen LogP contribution in [0.4, 0.5) is 5.69 Å². The van der Waals surface area contributed by atoms with Gasteiger partial charge in [-0.1, -0.05) is 18.2 Å². The van der Waals surface area contributed by atoms with Crippen LogP contribution in [0.15, 0.2) is 67.0 Å². The SMILES string of the molecule is Cc1cc(C)cc(N2C(=S)N[C@H](c3ccccn3)[C@@H]2c2cc(C)n(-c3ncccc3C)c2C)c1. The zero-order valence-corrected chi connectivity index (χ0v) is 21.0. The Kier molecular flexibility index (Phi) is 5.70. The van der Waals surface area contributed by atoms with E-state index >= 15 is 0 Å². The van der Waals surface area contributed by atoms with E-state index in [9.17, 15) is 0 Å². The lowest BCUT2D eigenvalue weighted by Gasteiger charge is -2.29. The van der Waals surface area contributed by atoms with Crippen molar-refractivity contribution < 1.29 is 0 Å². The van der Waals surface area contributed by atoms with Crippen LogP contribution < -0.4 is 10.2 Å². The van der Waals surface area contributed by atoms with Gasteiger partial charge in [-0.15, -0.1) is 0 Å². The summed E-state index contributed by atoms with van der Waals surface area (Å²) >= 11 is 5.93. The number of hydrogen-bond donors (Lipinski definition) is 1. The van der Waals surface area contributed by atoms with Gasteiger partial charge in [-0.05, 0) is 105 Å². The maximum Gasteiger partial charge on any atom is 0.174 e. The molecule has 0 unspecified atom stereocenters. The molecule has 0 radical (unpaired) electrons. The predicted molar refractivity (Wildman–Crippen MR) is 142 cm³/mol. The van der Waals surface area contributed by atoms with Crippen molar-refractivity contribution in [1.82, 2.24) is 19.9 Å². The highest BCUT2D eigenvalue weighted by molar-refractivity contribution is 7.80. The van der Waals surface area contributed by atoms with Gasteiger partial charge in [0.05, 0.1) is 17.8 Å². The van der Waals surface area contributed by atoms with Gasteiger partial charge < -0.3 is 14.8 Å². The first-order valence-electron chi connectivity index (χ1n) is 11.5. The van der Waals surface area contributed by atoms with Crippen molar-refractivity contribution in [2.75, 3.05) is 4.90 Å². The Morgan fingerprint density at radius 1 is 0.853 bits per heavy atom. The molecule has 1 aromatic carbocycles. The summed E-state index contributed by atoms with van der Waals surface area (Å²) < 4.78 is 2.25. The molecule has 4 aromatic rings. The third-order valence-corrected chi connectivity index (χ3v) is 6.88. The molecule has 1 N–H and O–H groups in total. The molecule has 1 fully saturated rings. The van der Waals surface area contributed by atoms with Crippen LogP contribution in [-0.2, 0) is 0 Å². The zero-order chi connectivity index (χ0) is 24.0. The number of rotatable bonds is 4. The lowest BCUT2D eigenvalue weighted by molar-refractivity contribution is 0.565. The first-order chi connectivity index (χ1) is 16.3. The van der Waals surface area contributed by atoms with Crippen molar-refractivity contribution >= 4 is 23.0 Å². The van der Waals surface area contributed by atoms with E-state index in [0.29, 0.717) is 5.11 Å². The topological polar surface area (TPSA) is 46.0 Å². The number of hydrogen-bond acceptors (Lipinski definition) is 3. The first-order valence-corrected chi connectivity index (χ1v) is 12.0. The molecule has 1 aliphatic rings.